The summed E-state index contributed by atoms with van der Waals surface area (Å²) in [6.45, 7) is 4.43. The summed E-state index contributed by atoms with van der Waals surface area (Å²) in [7, 11) is 1.48. The fraction of sp³-hybridized carbons (Fsp3) is 0.848. The molecule has 0 saturated heterocycles. The van der Waals surface area contributed by atoms with Gasteiger partial charge in [0.1, 0.15) is 19.8 Å². The van der Waals surface area contributed by atoms with Crippen LogP contribution in [-0.2, 0) is 32.7 Å². The van der Waals surface area contributed by atoms with Gasteiger partial charge in [-0.05, 0) is 77.0 Å². The lowest BCUT2D eigenvalue weighted by molar-refractivity contribution is -0.870. The highest BCUT2D eigenvalue weighted by Crippen LogP contribution is 2.43. The SMILES string of the molecule is CCCCCC/C=C\CCCCCCCC(=O)OCC(COP(=O)(O)OCC[N+](C)(C)C)OC(=O)CCCCCCCCCCCCCCCCCCCCCCCCCC/C=C\C/C=C\C/C=C\CCCCCCC. The Balaban J connectivity index is 3.88. The maximum atomic E-state index is 12.8. The number of carbonyl (C=O) groups is 2. The van der Waals surface area contributed by atoms with E-state index in [2.05, 4.69) is 62.5 Å². The number of nitrogens with zero attached hydrogens (tertiary/aromatic N) is 1. The zero-order valence-electron chi connectivity index (χ0n) is 50.8. The van der Waals surface area contributed by atoms with E-state index in [1.54, 1.807) is 0 Å². The molecule has 0 aromatic heterocycles. The summed E-state index contributed by atoms with van der Waals surface area (Å²) in [5, 5.41) is 0. The summed E-state index contributed by atoms with van der Waals surface area (Å²) in [6, 6.07) is 0. The minimum absolute atomic E-state index is 0.0320. The first kappa shape index (κ1) is 74.0. The van der Waals surface area contributed by atoms with Crippen molar-refractivity contribution >= 4 is 19.8 Å². The number of quaternary nitrogens is 1. The van der Waals surface area contributed by atoms with Crippen LogP contribution in [0.4, 0.5) is 0 Å². The van der Waals surface area contributed by atoms with Crippen molar-refractivity contribution in [2.45, 2.75) is 315 Å². The maximum absolute atomic E-state index is 12.8. The number of unbranched alkanes of at least 4 members (excludes halogenated alkanes) is 38. The number of likely N-dealkylation sites (N-methyl/N-ethyl adjacent to an activating group) is 1. The standard InChI is InChI=1S/C66H124NO8P/c1-6-8-10-12-14-16-18-20-21-22-23-24-25-26-27-28-29-30-31-32-33-34-35-36-37-38-39-40-41-42-43-44-45-47-49-51-53-55-57-59-66(69)75-64(63-74-76(70,71)73-61-60-67(3,4)5)62-72-65(68)58-56-54-52-50-48-46-19-17-15-13-11-9-7-2/h17-20,22-23,25-26,64H,6-16,21,24,27-63H2,1-5H3/p+1/b19-17-,20-18-,23-22-,26-25-. The largest absolute Gasteiger partial charge is 0.472 e. The van der Waals surface area contributed by atoms with Crippen LogP contribution in [0.2, 0.25) is 0 Å². The van der Waals surface area contributed by atoms with E-state index in [1.807, 2.05) is 21.1 Å². The quantitative estimate of drug-likeness (QED) is 0.0211. The van der Waals surface area contributed by atoms with Crippen LogP contribution in [-0.4, -0.2) is 74.9 Å². The molecule has 0 amide bonds. The molecule has 0 bridgehead atoms. The zero-order chi connectivity index (χ0) is 55.6. The molecule has 0 aliphatic rings. The van der Waals surface area contributed by atoms with Gasteiger partial charge in [0.25, 0.3) is 0 Å². The first-order chi connectivity index (χ1) is 37.0. The molecule has 2 atom stereocenters. The Morgan fingerprint density at radius 2 is 0.711 bits per heavy atom. The van der Waals surface area contributed by atoms with E-state index in [4.69, 9.17) is 18.5 Å². The lowest BCUT2D eigenvalue weighted by atomic mass is 10.0. The second-order valence-electron chi connectivity index (χ2n) is 23.1. The van der Waals surface area contributed by atoms with Gasteiger partial charge in [-0.1, -0.05) is 268 Å². The first-order valence-electron chi connectivity index (χ1n) is 32.4. The van der Waals surface area contributed by atoms with Gasteiger partial charge in [0.05, 0.1) is 27.7 Å². The van der Waals surface area contributed by atoms with Gasteiger partial charge >= 0.3 is 19.8 Å². The predicted molar refractivity (Wildman–Crippen MR) is 326 cm³/mol. The monoisotopic (exact) mass is 1090 g/mol. The molecule has 446 valence electrons. The van der Waals surface area contributed by atoms with E-state index in [0.717, 1.165) is 64.2 Å². The molecule has 2 unspecified atom stereocenters. The van der Waals surface area contributed by atoms with Gasteiger partial charge in [0, 0.05) is 12.8 Å². The van der Waals surface area contributed by atoms with Crippen molar-refractivity contribution < 1.29 is 42.1 Å². The highest BCUT2D eigenvalue weighted by molar-refractivity contribution is 7.47. The van der Waals surface area contributed by atoms with Crippen LogP contribution in [0.3, 0.4) is 0 Å². The number of hydrogen-bond acceptors (Lipinski definition) is 7. The highest BCUT2D eigenvalue weighted by Gasteiger charge is 2.27. The number of phosphoric acid groups is 1. The molecule has 9 nitrogen and oxygen atoms in total. The van der Waals surface area contributed by atoms with Crippen molar-refractivity contribution in [1.29, 1.82) is 0 Å². The average Bonchev–Trinajstić information content (AvgIpc) is 3.38. The lowest BCUT2D eigenvalue weighted by Gasteiger charge is -2.24. The van der Waals surface area contributed by atoms with E-state index in [1.165, 1.54) is 212 Å². The van der Waals surface area contributed by atoms with E-state index in [-0.39, 0.29) is 32.0 Å². The van der Waals surface area contributed by atoms with Gasteiger partial charge in [-0.25, -0.2) is 4.57 Å². The van der Waals surface area contributed by atoms with E-state index < -0.39 is 26.5 Å². The predicted octanol–water partition coefficient (Wildman–Crippen LogP) is 20.5. The molecule has 1 N–H and O–H groups in total. The lowest BCUT2D eigenvalue weighted by Crippen LogP contribution is -2.37. The minimum atomic E-state index is -4.38. The molecule has 0 aliphatic carbocycles. The minimum Gasteiger partial charge on any atom is -0.462 e. The van der Waals surface area contributed by atoms with Crippen LogP contribution in [0.5, 0.6) is 0 Å². The molecular weight excluding hydrogens is 966 g/mol. The molecule has 10 heteroatoms. The van der Waals surface area contributed by atoms with Gasteiger partial charge in [-0.15, -0.1) is 0 Å². The Bertz CT molecular complexity index is 1420. The normalized spacial score (nSPS) is 13.5. The average molecular weight is 1090 g/mol. The van der Waals surface area contributed by atoms with E-state index in [9.17, 15) is 19.0 Å². The van der Waals surface area contributed by atoms with Crippen LogP contribution >= 0.6 is 7.82 Å². The molecule has 0 spiro atoms. The zero-order valence-corrected chi connectivity index (χ0v) is 51.6. The first-order valence-corrected chi connectivity index (χ1v) is 33.9. The highest BCUT2D eigenvalue weighted by atomic mass is 31.2. The third-order valence-corrected chi connectivity index (χ3v) is 15.3. The van der Waals surface area contributed by atoms with Crippen molar-refractivity contribution in [3.05, 3.63) is 48.6 Å². The summed E-state index contributed by atoms with van der Waals surface area (Å²) < 4.78 is 34.5. The van der Waals surface area contributed by atoms with Crippen molar-refractivity contribution in [2.24, 2.45) is 0 Å². The third-order valence-electron chi connectivity index (χ3n) is 14.3. The number of carbonyl (C=O) groups excluding carboxylic acids is 2. The van der Waals surface area contributed by atoms with Crippen LogP contribution in [0.1, 0.15) is 309 Å². The van der Waals surface area contributed by atoms with E-state index >= 15 is 0 Å². The Kier molecular flexibility index (Phi) is 56.1. The summed E-state index contributed by atoms with van der Waals surface area (Å²) in [5.41, 5.74) is 0. The fourth-order valence-electron chi connectivity index (χ4n) is 9.31. The molecule has 0 radical (unpaired) electrons. The summed E-state index contributed by atoms with van der Waals surface area (Å²) in [5.74, 6) is -0.795. The van der Waals surface area contributed by atoms with Gasteiger partial charge < -0.3 is 18.9 Å². The van der Waals surface area contributed by atoms with Crippen LogP contribution in [0, 0.1) is 0 Å². The molecule has 0 aromatic rings. The molecule has 0 rings (SSSR count). The van der Waals surface area contributed by atoms with Crippen molar-refractivity contribution in [3.8, 4) is 0 Å². The summed E-state index contributed by atoms with van der Waals surface area (Å²) in [6.07, 6.45) is 73.7. The van der Waals surface area contributed by atoms with Crippen molar-refractivity contribution in [1.82, 2.24) is 0 Å². The molecule has 0 heterocycles. The van der Waals surface area contributed by atoms with Gasteiger partial charge in [-0.3, -0.25) is 18.6 Å². The van der Waals surface area contributed by atoms with Crippen LogP contribution in [0.25, 0.3) is 0 Å². The summed E-state index contributed by atoms with van der Waals surface area (Å²) >= 11 is 0. The molecule has 0 aliphatic heterocycles. The van der Waals surface area contributed by atoms with E-state index in [0.29, 0.717) is 17.4 Å². The molecule has 0 saturated carbocycles. The maximum Gasteiger partial charge on any atom is 0.472 e. The molecule has 0 fully saturated rings. The molecule has 76 heavy (non-hydrogen) atoms. The number of allylic oxidation sites excluding steroid dienone is 8. The van der Waals surface area contributed by atoms with Crippen LogP contribution < -0.4 is 0 Å². The summed E-state index contributed by atoms with van der Waals surface area (Å²) in [4.78, 5) is 35.6. The second-order valence-corrected chi connectivity index (χ2v) is 24.6. The topological polar surface area (TPSA) is 108 Å². The van der Waals surface area contributed by atoms with Crippen LogP contribution in [0.15, 0.2) is 48.6 Å². The number of esters is 2. The van der Waals surface area contributed by atoms with Gasteiger partial charge in [0.15, 0.2) is 6.10 Å². The number of hydrogen-bond donors (Lipinski definition) is 1. The Labute approximate surface area is 471 Å². The number of rotatable bonds is 60. The Morgan fingerprint density at radius 1 is 0.408 bits per heavy atom. The fourth-order valence-corrected chi connectivity index (χ4v) is 10.1. The van der Waals surface area contributed by atoms with Crippen molar-refractivity contribution in [3.63, 3.8) is 0 Å². The Hall–Kier alpha value is -2.03. The van der Waals surface area contributed by atoms with Crippen molar-refractivity contribution in [2.75, 3.05) is 47.5 Å². The molecular formula is C66H125NO8P+. The second kappa shape index (κ2) is 57.6. The smallest absolute Gasteiger partial charge is 0.462 e. The van der Waals surface area contributed by atoms with Gasteiger partial charge in [0.2, 0.25) is 0 Å². The number of phosphoric ester groups is 1. The Morgan fingerprint density at radius 3 is 1.08 bits per heavy atom. The number of ether oxygens (including phenoxy) is 2. The molecule has 0 aromatic carbocycles. The third kappa shape index (κ3) is 61.2. The van der Waals surface area contributed by atoms with Gasteiger partial charge in [-0.2, -0.15) is 0 Å².